The van der Waals surface area contributed by atoms with Crippen LogP contribution in [0.5, 0.6) is 0 Å². The number of pyridine rings is 1. The van der Waals surface area contributed by atoms with Crippen molar-refractivity contribution in [3.63, 3.8) is 0 Å². The minimum Gasteiger partial charge on any atom is -0.378 e. The van der Waals surface area contributed by atoms with Crippen molar-refractivity contribution in [1.82, 2.24) is 14.3 Å². The molecular formula is C24H22N4O3S2. The van der Waals surface area contributed by atoms with Gasteiger partial charge in [-0.25, -0.2) is 4.98 Å². The second-order valence-electron chi connectivity index (χ2n) is 7.82. The summed E-state index contributed by atoms with van der Waals surface area (Å²) in [7, 11) is 0. The maximum atomic E-state index is 13.5. The van der Waals surface area contributed by atoms with Crippen molar-refractivity contribution in [2.75, 3.05) is 31.2 Å². The number of rotatable bonds is 4. The number of morpholine rings is 1. The van der Waals surface area contributed by atoms with Gasteiger partial charge in [0.2, 0.25) is 0 Å². The first-order valence-corrected chi connectivity index (χ1v) is 11.9. The lowest BCUT2D eigenvalue weighted by atomic mass is 10.1. The summed E-state index contributed by atoms with van der Waals surface area (Å²) in [4.78, 5) is 35.7. The molecule has 1 aromatic carbocycles. The number of thioether (sulfide) groups is 1. The second-order valence-corrected chi connectivity index (χ2v) is 9.50. The molecule has 9 heteroatoms. The molecule has 1 amide bonds. The van der Waals surface area contributed by atoms with E-state index in [1.807, 2.05) is 48.2 Å². The number of anilines is 1. The molecule has 3 aromatic rings. The van der Waals surface area contributed by atoms with E-state index in [0.29, 0.717) is 52.6 Å². The summed E-state index contributed by atoms with van der Waals surface area (Å²) in [5.74, 6) is 0.364. The molecule has 0 saturated carbocycles. The van der Waals surface area contributed by atoms with E-state index in [1.165, 1.54) is 16.2 Å². The van der Waals surface area contributed by atoms with Crippen molar-refractivity contribution in [3.8, 4) is 0 Å². The minimum atomic E-state index is -0.219. The second kappa shape index (κ2) is 9.09. The van der Waals surface area contributed by atoms with Gasteiger partial charge in [0, 0.05) is 19.3 Å². The van der Waals surface area contributed by atoms with Crippen LogP contribution in [-0.4, -0.2) is 50.8 Å². The third-order valence-electron chi connectivity index (χ3n) is 5.83. The number of fused-ring (bicyclic) bond motifs is 1. The summed E-state index contributed by atoms with van der Waals surface area (Å²) in [6, 6.07) is 15.0. The number of hydrogen-bond acceptors (Lipinski definition) is 7. The summed E-state index contributed by atoms with van der Waals surface area (Å²) >= 11 is 6.78. The molecule has 0 radical (unpaired) electrons. The average Bonchev–Trinajstić information content (AvgIpc) is 3.14. The molecule has 2 saturated heterocycles. The molecule has 0 N–H and O–H groups in total. The molecular weight excluding hydrogens is 456 g/mol. The molecule has 2 fully saturated rings. The highest BCUT2D eigenvalue weighted by Crippen LogP contribution is 2.38. The number of ether oxygens (including phenoxy) is 1. The summed E-state index contributed by atoms with van der Waals surface area (Å²) in [6.45, 7) is 4.33. The van der Waals surface area contributed by atoms with Crippen molar-refractivity contribution >= 4 is 51.7 Å². The first-order valence-electron chi connectivity index (χ1n) is 10.7. The van der Waals surface area contributed by atoms with Crippen molar-refractivity contribution in [2.45, 2.75) is 13.0 Å². The zero-order valence-electron chi connectivity index (χ0n) is 18.0. The van der Waals surface area contributed by atoms with Gasteiger partial charge in [-0.15, -0.1) is 0 Å². The first kappa shape index (κ1) is 21.8. The molecule has 2 aromatic heterocycles. The van der Waals surface area contributed by atoms with Gasteiger partial charge in [0.05, 0.1) is 29.7 Å². The number of carbonyl (C=O) groups is 1. The molecule has 1 atom stereocenters. The van der Waals surface area contributed by atoms with Gasteiger partial charge in [0.15, 0.2) is 0 Å². The van der Waals surface area contributed by atoms with Crippen LogP contribution < -0.4 is 10.5 Å². The van der Waals surface area contributed by atoms with E-state index in [2.05, 4.69) is 0 Å². The molecule has 0 bridgehead atoms. The molecule has 5 rings (SSSR count). The van der Waals surface area contributed by atoms with Gasteiger partial charge in [-0.3, -0.25) is 18.9 Å². The monoisotopic (exact) mass is 478 g/mol. The zero-order valence-corrected chi connectivity index (χ0v) is 19.6. The molecule has 168 valence electrons. The third-order valence-corrected chi connectivity index (χ3v) is 7.16. The molecule has 33 heavy (non-hydrogen) atoms. The Labute approximate surface area is 200 Å². The number of thiocarbonyl (C=S) groups is 1. The van der Waals surface area contributed by atoms with Gasteiger partial charge in [-0.05, 0) is 30.7 Å². The number of carbonyl (C=O) groups excluding carboxylic acids is 1. The topological polar surface area (TPSA) is 67.2 Å². The Hall–Kier alpha value is -3.01. The molecule has 2 aliphatic heterocycles. The Bertz CT molecular complexity index is 1320. The number of benzene rings is 1. The van der Waals surface area contributed by atoms with Crippen LogP contribution >= 0.6 is 24.0 Å². The third kappa shape index (κ3) is 4.07. The highest BCUT2D eigenvalue weighted by Gasteiger charge is 2.36. The lowest BCUT2D eigenvalue weighted by Gasteiger charge is -2.29. The van der Waals surface area contributed by atoms with E-state index in [1.54, 1.807) is 29.3 Å². The standard InChI is InChI=1S/C24H22N4O3S2/c1-16(17-7-3-2-4-8-17)28-23(30)19(33-24(28)32)15-18-21(26-11-13-31-14-12-26)25-20-9-5-6-10-27(20)22(18)29/h2-10,15-16H,11-14H2,1H3/b19-15-/t16-/m0/s1. The molecule has 0 spiro atoms. The minimum absolute atomic E-state index is 0.202. The normalized spacial score (nSPS) is 19.0. The van der Waals surface area contributed by atoms with Crippen LogP contribution in [0.15, 0.2) is 64.4 Å². The SMILES string of the molecule is C[C@@H](c1ccccc1)N1C(=O)/C(=C/c2c(N3CCOCC3)nc3ccccn3c2=O)SC1=S. The fourth-order valence-corrected chi connectivity index (χ4v) is 5.46. The first-order chi connectivity index (χ1) is 16.0. The van der Waals surface area contributed by atoms with Crippen LogP contribution in [0.3, 0.4) is 0 Å². The predicted octanol–water partition coefficient (Wildman–Crippen LogP) is 3.49. The average molecular weight is 479 g/mol. The molecule has 7 nitrogen and oxygen atoms in total. The van der Waals surface area contributed by atoms with Gasteiger partial charge in [-0.1, -0.05) is 60.4 Å². The van der Waals surface area contributed by atoms with Gasteiger partial charge < -0.3 is 9.64 Å². The molecule has 4 heterocycles. The molecule has 2 aliphatic rings. The fraction of sp³-hybridized carbons (Fsp3) is 0.250. The van der Waals surface area contributed by atoms with Crippen LogP contribution in [-0.2, 0) is 9.53 Å². The van der Waals surface area contributed by atoms with Crippen molar-refractivity contribution in [1.29, 1.82) is 0 Å². The summed E-state index contributed by atoms with van der Waals surface area (Å²) in [5, 5.41) is 0. The highest BCUT2D eigenvalue weighted by molar-refractivity contribution is 8.26. The number of hydrogen-bond donors (Lipinski definition) is 0. The Morgan fingerprint density at radius 3 is 2.58 bits per heavy atom. The van der Waals surface area contributed by atoms with E-state index in [-0.39, 0.29) is 17.5 Å². The van der Waals surface area contributed by atoms with Crippen LogP contribution in [0.25, 0.3) is 11.7 Å². The van der Waals surface area contributed by atoms with E-state index in [0.717, 1.165) is 5.56 Å². The Balaban J connectivity index is 1.58. The Morgan fingerprint density at radius 1 is 1.09 bits per heavy atom. The van der Waals surface area contributed by atoms with Crippen molar-refractivity contribution in [3.05, 3.63) is 81.1 Å². The highest BCUT2D eigenvalue weighted by atomic mass is 32.2. The molecule has 0 aliphatic carbocycles. The lowest BCUT2D eigenvalue weighted by Crippen LogP contribution is -2.38. The lowest BCUT2D eigenvalue weighted by molar-refractivity contribution is -0.123. The van der Waals surface area contributed by atoms with Gasteiger partial charge in [0.1, 0.15) is 15.8 Å². The Kier molecular flexibility index (Phi) is 6.01. The van der Waals surface area contributed by atoms with Gasteiger partial charge in [0.25, 0.3) is 11.5 Å². The van der Waals surface area contributed by atoms with Gasteiger partial charge in [-0.2, -0.15) is 0 Å². The largest absolute Gasteiger partial charge is 0.378 e. The summed E-state index contributed by atoms with van der Waals surface area (Å²) < 4.78 is 7.45. The van der Waals surface area contributed by atoms with E-state index in [4.69, 9.17) is 21.9 Å². The number of amides is 1. The van der Waals surface area contributed by atoms with Crippen LogP contribution in [0.4, 0.5) is 5.82 Å². The Morgan fingerprint density at radius 2 is 1.82 bits per heavy atom. The number of nitrogens with zero attached hydrogens (tertiary/aromatic N) is 4. The van der Waals surface area contributed by atoms with E-state index >= 15 is 0 Å². The van der Waals surface area contributed by atoms with Crippen molar-refractivity contribution < 1.29 is 9.53 Å². The smallest absolute Gasteiger partial charge is 0.267 e. The van der Waals surface area contributed by atoms with Crippen LogP contribution in [0, 0.1) is 0 Å². The summed E-state index contributed by atoms with van der Waals surface area (Å²) in [6.07, 6.45) is 3.34. The number of aromatic nitrogens is 2. The van der Waals surface area contributed by atoms with Gasteiger partial charge >= 0.3 is 0 Å². The maximum Gasteiger partial charge on any atom is 0.267 e. The predicted molar refractivity (Wildman–Crippen MR) is 134 cm³/mol. The fourth-order valence-electron chi connectivity index (χ4n) is 4.06. The van der Waals surface area contributed by atoms with E-state index in [9.17, 15) is 9.59 Å². The quantitative estimate of drug-likeness (QED) is 0.420. The zero-order chi connectivity index (χ0) is 22.9. The maximum absolute atomic E-state index is 13.5. The van der Waals surface area contributed by atoms with E-state index < -0.39 is 0 Å². The van der Waals surface area contributed by atoms with Crippen molar-refractivity contribution in [2.24, 2.45) is 0 Å². The summed E-state index contributed by atoms with van der Waals surface area (Å²) in [5.41, 5.74) is 1.72. The van der Waals surface area contributed by atoms with Crippen LogP contribution in [0.2, 0.25) is 0 Å². The van der Waals surface area contributed by atoms with Crippen LogP contribution in [0.1, 0.15) is 24.1 Å². The molecule has 0 unspecified atom stereocenters.